The molecule has 26 heavy (non-hydrogen) atoms. The maximum Gasteiger partial charge on any atom is 0.255 e. The zero-order valence-corrected chi connectivity index (χ0v) is 15.9. The maximum absolute atomic E-state index is 12.8. The summed E-state index contributed by atoms with van der Waals surface area (Å²) in [5.41, 5.74) is 4.06. The summed E-state index contributed by atoms with van der Waals surface area (Å²) < 4.78 is 0. The highest BCUT2D eigenvalue weighted by Crippen LogP contribution is 2.19. The molecule has 1 fully saturated rings. The molecule has 2 aromatic rings. The van der Waals surface area contributed by atoms with Gasteiger partial charge in [-0.2, -0.15) is 0 Å². The fourth-order valence-electron chi connectivity index (χ4n) is 3.20. The van der Waals surface area contributed by atoms with Gasteiger partial charge in [0.2, 0.25) is 0 Å². The van der Waals surface area contributed by atoms with E-state index < -0.39 is 0 Å². The number of aryl methyl sites for hydroxylation is 1. The van der Waals surface area contributed by atoms with Crippen LogP contribution >= 0.6 is 0 Å². The number of hydrogen-bond donors (Lipinski definition) is 1. The lowest BCUT2D eigenvalue weighted by Gasteiger charge is -2.36. The zero-order valence-electron chi connectivity index (χ0n) is 15.9. The summed E-state index contributed by atoms with van der Waals surface area (Å²) in [6.45, 7) is 9.54. The highest BCUT2D eigenvalue weighted by atomic mass is 16.2. The van der Waals surface area contributed by atoms with Gasteiger partial charge in [0.25, 0.3) is 5.91 Å². The molecule has 1 aliphatic heterocycles. The van der Waals surface area contributed by atoms with Crippen LogP contribution in [0.1, 0.15) is 36.2 Å². The van der Waals surface area contributed by atoms with Gasteiger partial charge in [-0.1, -0.05) is 19.1 Å². The first-order valence-corrected chi connectivity index (χ1v) is 9.39. The molecule has 138 valence electrons. The molecule has 1 unspecified atom stereocenters. The van der Waals surface area contributed by atoms with E-state index >= 15 is 0 Å². The van der Waals surface area contributed by atoms with Gasteiger partial charge in [0.1, 0.15) is 0 Å². The van der Waals surface area contributed by atoms with Gasteiger partial charge in [0, 0.05) is 50.3 Å². The molecule has 3 rings (SSSR count). The van der Waals surface area contributed by atoms with Gasteiger partial charge < -0.3 is 15.1 Å². The summed E-state index contributed by atoms with van der Waals surface area (Å²) in [5, 5.41) is 3.38. The number of anilines is 2. The standard InChI is InChI=1S/C21H28N4O/c1-4-17(3)23-19-13-18(14-22-15-19)21(26)25-10-8-24(9-11-25)20-7-5-6-16(2)12-20/h5-7,12-15,17,23H,4,8-11H2,1-3H3. The van der Waals surface area contributed by atoms with Crippen LogP contribution in [0.15, 0.2) is 42.7 Å². The van der Waals surface area contributed by atoms with Crippen molar-refractivity contribution in [3.05, 3.63) is 53.9 Å². The van der Waals surface area contributed by atoms with Crippen molar-refractivity contribution in [1.29, 1.82) is 0 Å². The average Bonchev–Trinajstić information content (AvgIpc) is 2.67. The molecular formula is C21H28N4O. The van der Waals surface area contributed by atoms with E-state index in [2.05, 4.69) is 60.2 Å². The van der Waals surface area contributed by atoms with Crippen molar-refractivity contribution < 1.29 is 4.79 Å². The maximum atomic E-state index is 12.8. The topological polar surface area (TPSA) is 48.5 Å². The number of aromatic nitrogens is 1. The molecule has 5 nitrogen and oxygen atoms in total. The summed E-state index contributed by atoms with van der Waals surface area (Å²) in [6.07, 6.45) is 4.47. The molecule has 1 aromatic carbocycles. The van der Waals surface area contributed by atoms with Gasteiger partial charge in [-0.3, -0.25) is 9.78 Å². The van der Waals surface area contributed by atoms with E-state index in [0.717, 1.165) is 38.3 Å². The number of pyridine rings is 1. The SMILES string of the molecule is CCC(C)Nc1cncc(C(=O)N2CCN(c3cccc(C)c3)CC2)c1. The number of amides is 1. The smallest absolute Gasteiger partial charge is 0.255 e. The summed E-state index contributed by atoms with van der Waals surface area (Å²) in [4.78, 5) is 21.4. The Morgan fingerprint density at radius 1 is 1.19 bits per heavy atom. The van der Waals surface area contributed by atoms with Gasteiger partial charge >= 0.3 is 0 Å². The lowest BCUT2D eigenvalue weighted by Crippen LogP contribution is -2.48. The van der Waals surface area contributed by atoms with Gasteiger partial charge in [-0.25, -0.2) is 0 Å². The molecule has 1 aliphatic rings. The number of benzene rings is 1. The lowest BCUT2D eigenvalue weighted by molar-refractivity contribution is 0.0746. The van der Waals surface area contributed by atoms with Gasteiger partial charge in [0.15, 0.2) is 0 Å². The minimum atomic E-state index is 0.0641. The van der Waals surface area contributed by atoms with E-state index in [1.807, 2.05) is 11.0 Å². The first-order chi connectivity index (χ1) is 12.6. The molecule has 0 saturated carbocycles. The van der Waals surface area contributed by atoms with Crippen LogP contribution in [0.3, 0.4) is 0 Å². The van der Waals surface area contributed by atoms with Crippen molar-refractivity contribution in [2.24, 2.45) is 0 Å². The average molecular weight is 352 g/mol. The number of piperazine rings is 1. The van der Waals surface area contributed by atoms with E-state index in [1.54, 1.807) is 12.4 Å². The monoisotopic (exact) mass is 352 g/mol. The summed E-state index contributed by atoms with van der Waals surface area (Å²) in [5.74, 6) is 0.0641. The number of nitrogens with one attached hydrogen (secondary N) is 1. The first kappa shape index (κ1) is 18.2. The summed E-state index contributed by atoms with van der Waals surface area (Å²) in [6, 6.07) is 10.8. The molecular weight excluding hydrogens is 324 g/mol. The van der Waals surface area contributed by atoms with Crippen molar-refractivity contribution in [2.45, 2.75) is 33.2 Å². The van der Waals surface area contributed by atoms with E-state index in [9.17, 15) is 4.79 Å². The number of nitrogens with zero attached hydrogens (tertiary/aromatic N) is 3. The van der Waals surface area contributed by atoms with Crippen LogP contribution in [0.25, 0.3) is 0 Å². The van der Waals surface area contributed by atoms with Crippen molar-refractivity contribution in [2.75, 3.05) is 36.4 Å². The Labute approximate surface area is 156 Å². The molecule has 1 N–H and O–H groups in total. The molecule has 2 heterocycles. The molecule has 1 atom stereocenters. The van der Waals surface area contributed by atoms with Gasteiger partial charge in [-0.05, 0) is 44.0 Å². The molecule has 1 aromatic heterocycles. The molecule has 5 heteroatoms. The Hall–Kier alpha value is -2.56. The predicted molar refractivity (Wildman–Crippen MR) is 107 cm³/mol. The van der Waals surface area contributed by atoms with Crippen LogP contribution in [-0.4, -0.2) is 48.0 Å². The number of carbonyl (C=O) groups excluding carboxylic acids is 1. The molecule has 1 saturated heterocycles. The quantitative estimate of drug-likeness (QED) is 0.894. The number of rotatable bonds is 5. The third-order valence-corrected chi connectivity index (χ3v) is 4.94. The van der Waals surface area contributed by atoms with Crippen LogP contribution in [0.2, 0.25) is 0 Å². The Morgan fingerprint density at radius 3 is 2.65 bits per heavy atom. The first-order valence-electron chi connectivity index (χ1n) is 9.39. The van der Waals surface area contributed by atoms with E-state index in [1.165, 1.54) is 11.3 Å². The highest BCUT2D eigenvalue weighted by Gasteiger charge is 2.22. The predicted octanol–water partition coefficient (Wildman–Crippen LogP) is 3.56. The normalized spacial score (nSPS) is 15.7. The fraction of sp³-hybridized carbons (Fsp3) is 0.429. The second kappa shape index (κ2) is 8.21. The second-order valence-corrected chi connectivity index (χ2v) is 7.03. The number of carbonyl (C=O) groups is 1. The van der Waals surface area contributed by atoms with E-state index in [-0.39, 0.29) is 5.91 Å². The molecule has 0 spiro atoms. The minimum absolute atomic E-state index is 0.0641. The van der Waals surface area contributed by atoms with Gasteiger partial charge in [-0.15, -0.1) is 0 Å². The molecule has 0 aliphatic carbocycles. The highest BCUT2D eigenvalue weighted by molar-refractivity contribution is 5.95. The summed E-state index contributed by atoms with van der Waals surface area (Å²) in [7, 11) is 0. The third kappa shape index (κ3) is 4.34. The Balaban J connectivity index is 1.62. The summed E-state index contributed by atoms with van der Waals surface area (Å²) >= 11 is 0. The van der Waals surface area contributed by atoms with Gasteiger partial charge in [0.05, 0.1) is 11.3 Å². The Morgan fingerprint density at radius 2 is 1.96 bits per heavy atom. The van der Waals surface area contributed by atoms with Crippen LogP contribution in [0.5, 0.6) is 0 Å². The Bertz CT molecular complexity index is 753. The van der Waals surface area contributed by atoms with E-state index in [0.29, 0.717) is 11.6 Å². The van der Waals surface area contributed by atoms with Crippen molar-refractivity contribution in [3.8, 4) is 0 Å². The number of hydrogen-bond acceptors (Lipinski definition) is 4. The van der Waals surface area contributed by atoms with Crippen LogP contribution in [0.4, 0.5) is 11.4 Å². The molecule has 1 amide bonds. The largest absolute Gasteiger partial charge is 0.381 e. The van der Waals surface area contributed by atoms with Crippen molar-refractivity contribution in [3.63, 3.8) is 0 Å². The minimum Gasteiger partial charge on any atom is -0.381 e. The third-order valence-electron chi connectivity index (χ3n) is 4.94. The van der Waals surface area contributed by atoms with Crippen LogP contribution < -0.4 is 10.2 Å². The zero-order chi connectivity index (χ0) is 18.5. The second-order valence-electron chi connectivity index (χ2n) is 7.03. The van der Waals surface area contributed by atoms with Crippen molar-refractivity contribution in [1.82, 2.24) is 9.88 Å². The Kier molecular flexibility index (Phi) is 5.76. The van der Waals surface area contributed by atoms with E-state index in [4.69, 9.17) is 0 Å². The fourth-order valence-corrected chi connectivity index (χ4v) is 3.20. The lowest BCUT2D eigenvalue weighted by atomic mass is 10.1. The molecule has 0 bridgehead atoms. The van der Waals surface area contributed by atoms with Crippen molar-refractivity contribution >= 4 is 17.3 Å². The van der Waals surface area contributed by atoms with Crippen LogP contribution in [-0.2, 0) is 0 Å². The van der Waals surface area contributed by atoms with Crippen LogP contribution in [0, 0.1) is 6.92 Å². The molecule has 0 radical (unpaired) electrons.